The van der Waals surface area contributed by atoms with Crippen molar-refractivity contribution in [1.82, 2.24) is 14.5 Å². The third-order valence-electron chi connectivity index (χ3n) is 4.04. The Kier molecular flexibility index (Phi) is 3.93. The van der Waals surface area contributed by atoms with Gasteiger partial charge in [-0.25, -0.2) is 13.9 Å². The monoisotopic (exact) mass is 346 g/mol. The molecule has 0 amide bonds. The van der Waals surface area contributed by atoms with Gasteiger partial charge in [0.1, 0.15) is 5.82 Å². The van der Waals surface area contributed by atoms with Crippen LogP contribution in [0.3, 0.4) is 0 Å². The van der Waals surface area contributed by atoms with Gasteiger partial charge in [-0.05, 0) is 49.4 Å². The summed E-state index contributed by atoms with van der Waals surface area (Å²) in [6.07, 6.45) is 3.30. The van der Waals surface area contributed by atoms with Crippen LogP contribution in [0.25, 0.3) is 16.6 Å². The Morgan fingerprint density at radius 3 is 2.62 bits per heavy atom. The molecule has 2 heterocycles. The number of aromatic nitrogens is 3. The predicted molar refractivity (Wildman–Crippen MR) is 99.6 cm³/mol. The summed E-state index contributed by atoms with van der Waals surface area (Å²) in [5.74, 6) is -0.134. The van der Waals surface area contributed by atoms with Crippen molar-refractivity contribution in [3.8, 4) is 5.69 Å². The molecule has 0 aliphatic carbocycles. The first-order valence-electron chi connectivity index (χ1n) is 8.08. The summed E-state index contributed by atoms with van der Waals surface area (Å²) < 4.78 is 15.1. The molecule has 0 atom stereocenters. The quantitative estimate of drug-likeness (QED) is 0.610. The van der Waals surface area contributed by atoms with E-state index < -0.39 is 5.82 Å². The third kappa shape index (κ3) is 2.93. The summed E-state index contributed by atoms with van der Waals surface area (Å²) in [6, 6.07) is 15.1. The van der Waals surface area contributed by atoms with Crippen molar-refractivity contribution in [2.45, 2.75) is 6.92 Å². The first kappa shape index (κ1) is 16.0. The number of rotatable bonds is 3. The second kappa shape index (κ2) is 6.40. The van der Waals surface area contributed by atoms with Crippen molar-refractivity contribution in [3.05, 3.63) is 88.7 Å². The van der Waals surface area contributed by atoms with E-state index in [1.807, 2.05) is 37.3 Å². The van der Waals surface area contributed by atoms with Crippen molar-refractivity contribution in [2.75, 3.05) is 5.32 Å². The molecule has 0 saturated heterocycles. The van der Waals surface area contributed by atoms with Gasteiger partial charge in [0.15, 0.2) is 0 Å². The number of benzene rings is 2. The van der Waals surface area contributed by atoms with E-state index in [0.717, 1.165) is 5.56 Å². The number of aryl methyl sites for hydroxylation is 1. The van der Waals surface area contributed by atoms with Crippen LogP contribution in [0.4, 0.5) is 16.0 Å². The fraction of sp³-hybridized carbons (Fsp3) is 0.0500. The van der Waals surface area contributed by atoms with E-state index in [4.69, 9.17) is 0 Å². The minimum absolute atomic E-state index is 0.224. The van der Waals surface area contributed by atoms with E-state index in [9.17, 15) is 9.18 Å². The van der Waals surface area contributed by atoms with Gasteiger partial charge in [-0.15, -0.1) is 0 Å². The van der Waals surface area contributed by atoms with Crippen LogP contribution in [-0.2, 0) is 0 Å². The smallest absolute Gasteiger partial charge is 0.267 e. The van der Waals surface area contributed by atoms with E-state index in [2.05, 4.69) is 15.3 Å². The van der Waals surface area contributed by atoms with E-state index in [-0.39, 0.29) is 10.9 Å². The summed E-state index contributed by atoms with van der Waals surface area (Å²) in [5.41, 5.74) is 2.49. The molecule has 0 bridgehead atoms. The van der Waals surface area contributed by atoms with Crippen LogP contribution in [-0.4, -0.2) is 14.5 Å². The van der Waals surface area contributed by atoms with Gasteiger partial charge >= 0.3 is 0 Å². The van der Waals surface area contributed by atoms with Crippen LogP contribution in [0.15, 0.2) is 71.8 Å². The maximum absolute atomic E-state index is 13.7. The molecular formula is C20H15FN4O. The molecule has 5 nitrogen and oxygen atoms in total. The van der Waals surface area contributed by atoms with Crippen LogP contribution in [0.5, 0.6) is 0 Å². The van der Waals surface area contributed by atoms with Crippen molar-refractivity contribution in [3.63, 3.8) is 0 Å². The number of fused-ring (bicyclic) bond motifs is 1. The van der Waals surface area contributed by atoms with Gasteiger partial charge in [0, 0.05) is 6.20 Å². The molecular weight excluding hydrogens is 331 g/mol. The number of pyridine rings is 1. The SMILES string of the molecule is Cc1ccc(-n2c(Nc3cccnc3)nc3ccc(F)cc3c2=O)cc1. The Morgan fingerprint density at radius 2 is 1.88 bits per heavy atom. The van der Waals surface area contributed by atoms with Crippen molar-refractivity contribution >= 4 is 22.5 Å². The first-order chi connectivity index (χ1) is 12.6. The normalized spacial score (nSPS) is 10.8. The summed E-state index contributed by atoms with van der Waals surface area (Å²) in [7, 11) is 0. The molecule has 0 aliphatic rings. The molecule has 128 valence electrons. The van der Waals surface area contributed by atoms with Gasteiger partial charge < -0.3 is 5.32 Å². The summed E-state index contributed by atoms with van der Waals surface area (Å²) >= 11 is 0. The molecule has 0 fully saturated rings. The Labute approximate surface area is 148 Å². The Balaban J connectivity index is 1.98. The molecule has 1 N–H and O–H groups in total. The van der Waals surface area contributed by atoms with Crippen molar-refractivity contribution in [1.29, 1.82) is 0 Å². The maximum atomic E-state index is 13.7. The van der Waals surface area contributed by atoms with Gasteiger partial charge in [0.25, 0.3) is 5.56 Å². The predicted octanol–water partition coefficient (Wildman–Crippen LogP) is 3.97. The lowest BCUT2D eigenvalue weighted by atomic mass is 10.2. The standard InChI is InChI=1S/C20H15FN4O/c1-13-4-7-16(8-5-13)25-19(26)17-11-14(21)6-9-18(17)24-20(25)23-15-3-2-10-22-12-15/h2-12H,1H3,(H,23,24). The van der Waals surface area contributed by atoms with Crippen LogP contribution in [0.2, 0.25) is 0 Å². The lowest BCUT2D eigenvalue weighted by molar-refractivity contribution is 0.629. The Morgan fingerprint density at radius 1 is 1.08 bits per heavy atom. The van der Waals surface area contributed by atoms with Gasteiger partial charge in [0.05, 0.1) is 28.5 Å². The van der Waals surface area contributed by atoms with Crippen LogP contribution in [0, 0.1) is 12.7 Å². The van der Waals surface area contributed by atoms with Gasteiger partial charge in [-0.2, -0.15) is 0 Å². The zero-order valence-electron chi connectivity index (χ0n) is 14.0. The Hall–Kier alpha value is -3.54. The maximum Gasteiger partial charge on any atom is 0.267 e. The largest absolute Gasteiger partial charge is 0.324 e. The van der Waals surface area contributed by atoms with Crippen LogP contribution in [0.1, 0.15) is 5.56 Å². The molecule has 0 saturated carbocycles. The Bertz CT molecular complexity index is 1140. The molecule has 26 heavy (non-hydrogen) atoms. The van der Waals surface area contributed by atoms with Gasteiger partial charge in [-0.3, -0.25) is 9.78 Å². The first-order valence-corrected chi connectivity index (χ1v) is 8.08. The molecule has 4 rings (SSSR count). The average molecular weight is 346 g/mol. The van der Waals surface area contributed by atoms with Gasteiger partial charge in [-0.1, -0.05) is 17.7 Å². The summed E-state index contributed by atoms with van der Waals surface area (Å²) in [6.45, 7) is 1.97. The fourth-order valence-electron chi connectivity index (χ4n) is 2.74. The average Bonchev–Trinajstić information content (AvgIpc) is 2.65. The van der Waals surface area contributed by atoms with E-state index >= 15 is 0 Å². The molecule has 0 spiro atoms. The molecule has 2 aromatic heterocycles. The number of hydrogen-bond donors (Lipinski definition) is 1. The minimum Gasteiger partial charge on any atom is -0.324 e. The molecule has 6 heteroatoms. The fourth-order valence-corrected chi connectivity index (χ4v) is 2.74. The van der Waals surface area contributed by atoms with E-state index in [1.54, 1.807) is 18.5 Å². The zero-order chi connectivity index (χ0) is 18.1. The molecule has 0 aliphatic heterocycles. The highest BCUT2D eigenvalue weighted by Gasteiger charge is 2.14. The second-order valence-corrected chi connectivity index (χ2v) is 5.94. The lowest BCUT2D eigenvalue weighted by Crippen LogP contribution is -2.23. The van der Waals surface area contributed by atoms with Crippen molar-refractivity contribution in [2.24, 2.45) is 0 Å². The highest BCUT2D eigenvalue weighted by Crippen LogP contribution is 2.20. The van der Waals surface area contributed by atoms with Crippen molar-refractivity contribution < 1.29 is 4.39 Å². The molecule has 2 aromatic carbocycles. The van der Waals surface area contributed by atoms with Gasteiger partial charge in [0.2, 0.25) is 5.95 Å². The molecule has 0 radical (unpaired) electrons. The van der Waals surface area contributed by atoms with E-state index in [0.29, 0.717) is 22.8 Å². The molecule has 0 unspecified atom stereocenters. The highest BCUT2D eigenvalue weighted by atomic mass is 19.1. The number of hydrogen-bond acceptors (Lipinski definition) is 4. The lowest BCUT2D eigenvalue weighted by Gasteiger charge is -2.15. The summed E-state index contributed by atoms with van der Waals surface area (Å²) in [4.78, 5) is 21.7. The summed E-state index contributed by atoms with van der Waals surface area (Å²) in [5, 5.41) is 3.35. The zero-order valence-corrected chi connectivity index (χ0v) is 14.0. The van der Waals surface area contributed by atoms with Crippen LogP contribution < -0.4 is 10.9 Å². The number of anilines is 2. The number of nitrogens with one attached hydrogen (secondary N) is 1. The molecule has 4 aromatic rings. The van der Waals surface area contributed by atoms with E-state index in [1.165, 1.54) is 22.8 Å². The van der Waals surface area contributed by atoms with Crippen LogP contribution >= 0.6 is 0 Å². The number of halogens is 1. The highest BCUT2D eigenvalue weighted by molar-refractivity contribution is 5.80. The topological polar surface area (TPSA) is 59.8 Å². The second-order valence-electron chi connectivity index (χ2n) is 5.94. The third-order valence-corrected chi connectivity index (χ3v) is 4.04. The number of nitrogens with zero attached hydrogens (tertiary/aromatic N) is 3. The minimum atomic E-state index is -0.472.